The number of aryl methyl sites for hydroxylation is 3. The summed E-state index contributed by atoms with van der Waals surface area (Å²) in [7, 11) is 10.7. The van der Waals surface area contributed by atoms with Crippen LogP contribution in [0.25, 0.3) is 22.5 Å². The van der Waals surface area contributed by atoms with E-state index in [9.17, 15) is 5.26 Å². The highest BCUT2D eigenvalue weighted by atomic mass is 79.9. The number of nitriles is 1. The summed E-state index contributed by atoms with van der Waals surface area (Å²) in [5, 5.41) is 33.9. The smallest absolute Gasteiger partial charge is 0.487 e. The second-order valence-corrected chi connectivity index (χ2v) is 17.8. The second-order valence-electron chi connectivity index (χ2n) is 17.0. The van der Waals surface area contributed by atoms with Gasteiger partial charge in [-0.25, -0.2) is 19.9 Å². The normalized spacial score (nSPS) is 14.6. The molecule has 0 amide bonds. The van der Waals surface area contributed by atoms with Gasteiger partial charge in [-0.2, -0.15) is 35.5 Å². The number of nitrogens with zero attached hydrogens (tertiary/aromatic N) is 14. The highest BCUT2D eigenvalue weighted by molar-refractivity contribution is 9.10. The number of hydrogen-bond donors (Lipinski definition) is 6. The Morgan fingerprint density at radius 1 is 0.714 bits per heavy atom. The van der Waals surface area contributed by atoms with Crippen LogP contribution in [0.3, 0.4) is 0 Å². The molecule has 0 unspecified atom stereocenters. The minimum Gasteiger partial charge on any atom is -0.487 e. The molecular formula is C45H60BBrN20O3. The highest BCUT2D eigenvalue weighted by Crippen LogP contribution is 2.36. The second kappa shape index (κ2) is 23.3. The van der Waals surface area contributed by atoms with E-state index in [1.165, 1.54) is 6.42 Å². The number of nitrogens with two attached hydrogens (primary N) is 2. The molecule has 1 aliphatic heterocycles. The van der Waals surface area contributed by atoms with E-state index in [1.807, 2.05) is 74.1 Å². The van der Waals surface area contributed by atoms with E-state index >= 15 is 0 Å². The number of hydrogen-bond acceptors (Lipinski definition) is 20. The average molecular weight is 1020 g/mol. The first-order valence-electron chi connectivity index (χ1n) is 22.4. The van der Waals surface area contributed by atoms with Crippen LogP contribution in [0.15, 0.2) is 72.1 Å². The third-order valence-electron chi connectivity index (χ3n) is 11.7. The fourth-order valence-corrected chi connectivity index (χ4v) is 7.57. The number of halogens is 1. The first-order chi connectivity index (χ1) is 33.5. The van der Waals surface area contributed by atoms with Gasteiger partial charge >= 0.3 is 7.12 Å². The quantitative estimate of drug-likeness (QED) is 0.0892. The van der Waals surface area contributed by atoms with Crippen LogP contribution in [0.1, 0.15) is 65.5 Å². The summed E-state index contributed by atoms with van der Waals surface area (Å²) >= 11 is 3.25. The average Bonchev–Trinajstić information content (AvgIpc) is 4.14. The lowest BCUT2D eigenvalue weighted by Gasteiger charge is -2.32. The summed E-state index contributed by atoms with van der Waals surface area (Å²) in [6, 6.07) is 9.62. The van der Waals surface area contributed by atoms with Gasteiger partial charge in [-0.3, -0.25) is 14.0 Å². The Hall–Kier alpha value is -7.43. The zero-order valence-corrected chi connectivity index (χ0v) is 42.6. The maximum absolute atomic E-state index is 9.39. The Kier molecular flexibility index (Phi) is 17.3. The zero-order valence-electron chi connectivity index (χ0n) is 41.1. The molecule has 2 aliphatic rings. The molecule has 1 saturated heterocycles. The molecule has 7 aromatic rings. The summed E-state index contributed by atoms with van der Waals surface area (Å²) < 4.78 is 24.0. The number of nitrogen functional groups attached to an aromatic ring is 2. The van der Waals surface area contributed by atoms with Gasteiger partial charge in [-0.05, 0) is 87.5 Å². The molecule has 7 aromatic heterocycles. The fourth-order valence-electron chi connectivity index (χ4n) is 7.18. The molecule has 8 heterocycles. The molecule has 70 heavy (non-hydrogen) atoms. The molecule has 0 radical (unpaired) electrons. The molecule has 368 valence electrons. The van der Waals surface area contributed by atoms with Crippen molar-refractivity contribution in [1.82, 2.24) is 64.2 Å². The number of aromatic nitrogens is 13. The molecule has 9 rings (SSSR count). The van der Waals surface area contributed by atoms with Crippen molar-refractivity contribution in [3.05, 3.63) is 77.8 Å². The maximum Gasteiger partial charge on any atom is 0.514 e. The Morgan fingerprint density at radius 2 is 1.24 bits per heavy atom. The van der Waals surface area contributed by atoms with Crippen LogP contribution in [0.4, 0.5) is 41.0 Å². The SMILES string of the molecule is CNc1nc(N)ncc1-c1ccnn1C.CNc1nc(N)ncc1Br.CNc1nc(Nc2cnc(C#N)c(OC3CCCCC3)c2)ncc1-c1ccnn1C.Cn1nccc1B1OC(C)(C)C(C)(C)O1. The van der Waals surface area contributed by atoms with Crippen molar-refractivity contribution in [2.24, 2.45) is 21.1 Å². The monoisotopic (exact) mass is 1020 g/mol. The molecule has 0 bridgehead atoms. The molecule has 0 atom stereocenters. The van der Waals surface area contributed by atoms with Gasteiger partial charge in [0.1, 0.15) is 23.5 Å². The molecule has 0 aromatic carbocycles. The minimum atomic E-state index is -0.317. The zero-order chi connectivity index (χ0) is 50.6. The van der Waals surface area contributed by atoms with E-state index in [-0.39, 0.29) is 42.0 Å². The molecule has 23 nitrogen and oxygen atoms in total. The first-order valence-corrected chi connectivity index (χ1v) is 23.2. The van der Waals surface area contributed by atoms with Gasteiger partial charge in [-0.15, -0.1) is 0 Å². The Morgan fingerprint density at radius 3 is 1.76 bits per heavy atom. The van der Waals surface area contributed by atoms with Crippen molar-refractivity contribution < 1.29 is 14.0 Å². The van der Waals surface area contributed by atoms with E-state index in [4.69, 9.17) is 25.5 Å². The van der Waals surface area contributed by atoms with Crippen LogP contribution in [-0.4, -0.2) is 110 Å². The van der Waals surface area contributed by atoms with E-state index in [0.717, 1.165) is 58.3 Å². The van der Waals surface area contributed by atoms with Crippen molar-refractivity contribution >= 4 is 69.6 Å². The topological polar surface area (TPSA) is 295 Å². The van der Waals surface area contributed by atoms with Crippen LogP contribution in [0, 0.1) is 11.3 Å². The summed E-state index contributed by atoms with van der Waals surface area (Å²) in [5.74, 6) is 3.52. The van der Waals surface area contributed by atoms with Crippen molar-refractivity contribution in [1.29, 1.82) is 5.26 Å². The minimum absolute atomic E-state index is 0.133. The van der Waals surface area contributed by atoms with Gasteiger partial charge < -0.3 is 46.8 Å². The molecule has 1 aliphatic carbocycles. The standard InChI is InChI=1S/C21H24N8O.C10H17BN2O2.C9H12N6.C5H7BrN4/c1-23-20-16(18-8-9-26-29(18)2)13-25-21(28-20)27-14-10-19(17(11-22)24-12-14)30-15-6-4-3-5-7-15;1-9(2)10(3,4)15-11(14-9)8-6-7-12-13(8)5;1-11-8-6(5-12-9(10)14-8)7-3-4-13-15(7)2;1-8-4-3(6)2-9-5(7)10-4/h8-10,12-13,15H,3-7H2,1-2H3,(H2,23,25,27,28);6-7H,1-5H3;3-5H,1-2H3,(H3,10,11,12,14);2H,1H3,(H3,7,8,9,10). The van der Waals surface area contributed by atoms with E-state index in [0.29, 0.717) is 34.8 Å². The lowest BCUT2D eigenvalue weighted by atomic mass is 9.85. The van der Waals surface area contributed by atoms with Gasteiger partial charge in [0.2, 0.25) is 17.8 Å². The molecular weight excluding hydrogens is 959 g/mol. The van der Waals surface area contributed by atoms with Crippen LogP contribution in [-0.2, 0) is 30.5 Å². The predicted molar refractivity (Wildman–Crippen MR) is 274 cm³/mol. The molecule has 2 fully saturated rings. The van der Waals surface area contributed by atoms with Crippen molar-refractivity contribution in [3.63, 3.8) is 0 Å². The number of ether oxygens (including phenoxy) is 1. The third-order valence-corrected chi connectivity index (χ3v) is 12.3. The molecule has 1 saturated carbocycles. The largest absolute Gasteiger partial charge is 0.514 e. The Labute approximate surface area is 415 Å². The summed E-state index contributed by atoms with van der Waals surface area (Å²) in [6.45, 7) is 8.18. The fraction of sp³-hybridized carbons (Fsp3) is 0.400. The third kappa shape index (κ3) is 12.8. The van der Waals surface area contributed by atoms with Gasteiger partial charge in [0, 0.05) is 85.5 Å². The molecule has 25 heteroatoms. The van der Waals surface area contributed by atoms with Gasteiger partial charge in [0.05, 0.1) is 61.8 Å². The van der Waals surface area contributed by atoms with E-state index < -0.39 is 0 Å². The van der Waals surface area contributed by atoms with E-state index in [1.54, 1.807) is 77.6 Å². The number of anilines is 7. The summed E-state index contributed by atoms with van der Waals surface area (Å²) in [5.41, 5.74) is 15.7. The molecule has 0 spiro atoms. The van der Waals surface area contributed by atoms with Gasteiger partial charge in [-0.1, -0.05) is 6.42 Å². The number of nitrogens with one attached hydrogen (secondary N) is 4. The van der Waals surface area contributed by atoms with Crippen LogP contribution >= 0.6 is 15.9 Å². The Bertz CT molecular complexity index is 2860. The predicted octanol–water partition coefficient (Wildman–Crippen LogP) is 5.72. The molecule has 8 N–H and O–H groups in total. The summed E-state index contributed by atoms with van der Waals surface area (Å²) in [6.07, 6.45) is 17.5. The number of pyridine rings is 1. The highest BCUT2D eigenvalue weighted by Gasteiger charge is 2.52. The van der Waals surface area contributed by atoms with Crippen LogP contribution in [0.2, 0.25) is 0 Å². The van der Waals surface area contributed by atoms with Crippen molar-refractivity contribution in [2.75, 3.05) is 53.9 Å². The van der Waals surface area contributed by atoms with Crippen LogP contribution in [0.5, 0.6) is 5.75 Å². The summed E-state index contributed by atoms with van der Waals surface area (Å²) in [4.78, 5) is 29.0. The Balaban J connectivity index is 0.000000169. The number of rotatable bonds is 10. The lowest BCUT2D eigenvalue weighted by Crippen LogP contribution is -2.41. The lowest BCUT2D eigenvalue weighted by molar-refractivity contribution is 0.00578. The van der Waals surface area contributed by atoms with Crippen LogP contribution < -0.4 is 43.1 Å². The maximum atomic E-state index is 9.39. The first kappa shape index (κ1) is 52.0. The van der Waals surface area contributed by atoms with Crippen molar-refractivity contribution in [2.45, 2.75) is 77.1 Å². The van der Waals surface area contributed by atoms with Gasteiger partial charge in [0.25, 0.3) is 0 Å². The van der Waals surface area contributed by atoms with Gasteiger partial charge in [0.15, 0.2) is 11.4 Å². The van der Waals surface area contributed by atoms with Crippen molar-refractivity contribution in [3.8, 4) is 34.3 Å². The van der Waals surface area contributed by atoms with E-state index in [2.05, 4.69) is 93.5 Å².